The second kappa shape index (κ2) is 12.8. The number of aliphatic hydroxyl groups is 1. The predicted octanol–water partition coefficient (Wildman–Crippen LogP) is 7.42. The third-order valence-corrected chi connectivity index (χ3v) is 7.45. The van der Waals surface area contributed by atoms with Crippen molar-refractivity contribution in [3.05, 3.63) is 148 Å². The zero-order valence-electron chi connectivity index (χ0n) is 21.5. The summed E-state index contributed by atoms with van der Waals surface area (Å²) >= 11 is 12.8. The summed E-state index contributed by atoms with van der Waals surface area (Å²) in [5, 5.41) is 26.1. The molecule has 0 aromatic heterocycles. The highest BCUT2D eigenvalue weighted by atomic mass is 35.5. The molecule has 1 aliphatic rings. The average molecular weight is 575 g/mol. The van der Waals surface area contributed by atoms with Crippen molar-refractivity contribution >= 4 is 34.7 Å². The molecule has 4 aromatic rings. The van der Waals surface area contributed by atoms with E-state index in [-0.39, 0.29) is 18.1 Å². The lowest BCUT2D eigenvalue weighted by Crippen LogP contribution is -2.44. The number of carbonyl (C=O) groups is 1. The number of aliphatic hydroxyl groups excluding tert-OH is 1. The molecule has 5 rings (SSSR count). The Labute approximate surface area is 243 Å². The molecular weight excluding hydrogens is 547 g/mol. The van der Waals surface area contributed by atoms with Gasteiger partial charge >= 0.3 is 0 Å². The minimum Gasteiger partial charge on any atom is -0.508 e. The van der Waals surface area contributed by atoms with E-state index in [1.807, 2.05) is 60.7 Å². The first-order valence-electron chi connectivity index (χ1n) is 12.8. The molecule has 40 heavy (non-hydrogen) atoms. The number of carbonyl (C=O) groups excluding carboxylic acids is 1. The summed E-state index contributed by atoms with van der Waals surface area (Å²) in [4.78, 5) is 20.1. The van der Waals surface area contributed by atoms with Gasteiger partial charge in [-0.3, -0.25) is 9.63 Å². The van der Waals surface area contributed by atoms with E-state index in [4.69, 9.17) is 28.0 Å². The van der Waals surface area contributed by atoms with Crippen LogP contribution in [0.5, 0.6) is 0 Å². The van der Waals surface area contributed by atoms with Crippen LogP contribution in [-0.4, -0.2) is 38.5 Å². The van der Waals surface area contributed by atoms with Crippen molar-refractivity contribution in [3.8, 4) is 0 Å². The summed E-state index contributed by atoms with van der Waals surface area (Å²) < 4.78 is 0. The molecule has 0 saturated carbocycles. The van der Waals surface area contributed by atoms with Crippen molar-refractivity contribution in [2.45, 2.75) is 25.4 Å². The number of nitrogens with zero attached hydrogens (tertiary/aromatic N) is 2. The lowest BCUT2D eigenvalue weighted by molar-refractivity contribution is -0.133. The first kappa shape index (κ1) is 28.1. The number of hydrogen-bond acceptors (Lipinski definition) is 6. The third-order valence-electron chi connectivity index (χ3n) is 6.79. The number of hydroxylamine groups is 4. The van der Waals surface area contributed by atoms with E-state index >= 15 is 0 Å². The zero-order valence-corrected chi connectivity index (χ0v) is 23.0. The normalized spacial score (nSPS) is 18.4. The Hall–Kier alpha value is -3.49. The molecule has 2 N–H and O–H groups in total. The molecule has 4 unspecified atom stereocenters. The van der Waals surface area contributed by atoms with Crippen molar-refractivity contribution in [1.82, 2.24) is 10.1 Å². The Bertz CT molecular complexity index is 1480. The van der Waals surface area contributed by atoms with Crippen LogP contribution < -0.4 is 0 Å². The first-order valence-corrected chi connectivity index (χ1v) is 13.6. The van der Waals surface area contributed by atoms with E-state index in [9.17, 15) is 15.1 Å². The van der Waals surface area contributed by atoms with Crippen molar-refractivity contribution in [2.24, 2.45) is 5.92 Å². The summed E-state index contributed by atoms with van der Waals surface area (Å²) in [7, 11) is 0. The van der Waals surface area contributed by atoms with Gasteiger partial charge in [-0.2, -0.15) is 10.1 Å². The monoisotopic (exact) mass is 574 g/mol. The lowest BCUT2D eigenvalue weighted by Gasteiger charge is -2.30. The Morgan fingerprint density at radius 2 is 1.35 bits per heavy atom. The summed E-state index contributed by atoms with van der Waals surface area (Å²) in [5.74, 6) is -1.46. The summed E-state index contributed by atoms with van der Waals surface area (Å²) in [6.45, 7) is 0.532. The van der Waals surface area contributed by atoms with Crippen molar-refractivity contribution in [3.63, 3.8) is 0 Å². The molecule has 1 heterocycles. The van der Waals surface area contributed by atoms with Gasteiger partial charge in [0.2, 0.25) is 0 Å². The van der Waals surface area contributed by atoms with Crippen LogP contribution in [0.1, 0.15) is 27.0 Å². The molecule has 0 amide bonds. The van der Waals surface area contributed by atoms with Crippen LogP contribution in [0.3, 0.4) is 0 Å². The molecule has 0 radical (unpaired) electrons. The smallest absolute Gasteiger partial charge is 0.173 e. The number of benzene rings is 4. The minimum absolute atomic E-state index is 0.0928. The third kappa shape index (κ3) is 6.62. The quantitative estimate of drug-likeness (QED) is 0.0839. The van der Waals surface area contributed by atoms with Crippen LogP contribution in [0.2, 0.25) is 10.0 Å². The van der Waals surface area contributed by atoms with Crippen LogP contribution in [0.25, 0.3) is 5.76 Å². The van der Waals surface area contributed by atoms with E-state index in [2.05, 4.69) is 0 Å². The molecule has 4 atom stereocenters. The predicted molar refractivity (Wildman–Crippen MR) is 156 cm³/mol. The Morgan fingerprint density at radius 1 is 0.825 bits per heavy atom. The van der Waals surface area contributed by atoms with Gasteiger partial charge in [0, 0.05) is 17.7 Å². The van der Waals surface area contributed by atoms with Gasteiger partial charge in [0.1, 0.15) is 5.76 Å². The maximum atomic E-state index is 14.2. The van der Waals surface area contributed by atoms with Gasteiger partial charge in [0.15, 0.2) is 12.0 Å². The van der Waals surface area contributed by atoms with Gasteiger partial charge in [-0.25, -0.2) is 0 Å². The second-order valence-electron chi connectivity index (χ2n) is 9.53. The molecule has 0 bridgehead atoms. The van der Waals surface area contributed by atoms with Crippen LogP contribution in [-0.2, 0) is 17.9 Å². The SMILES string of the molecule is O=C(c1ccccc1Cl)C(C(/C=C(/O)c1ccccc1Cl)N(O)Cc1ccccc1)C1ON1Cc1ccccc1. The molecule has 1 aliphatic heterocycles. The molecule has 0 aliphatic carbocycles. The van der Waals surface area contributed by atoms with Gasteiger partial charge in [-0.05, 0) is 41.5 Å². The highest BCUT2D eigenvalue weighted by molar-refractivity contribution is 6.34. The van der Waals surface area contributed by atoms with Gasteiger partial charge in [-0.1, -0.05) is 108 Å². The average Bonchev–Trinajstić information content (AvgIpc) is 3.72. The molecule has 4 aromatic carbocycles. The van der Waals surface area contributed by atoms with E-state index in [1.54, 1.807) is 53.6 Å². The second-order valence-corrected chi connectivity index (χ2v) is 10.3. The zero-order chi connectivity index (χ0) is 28.1. The molecule has 0 spiro atoms. The maximum Gasteiger partial charge on any atom is 0.173 e. The van der Waals surface area contributed by atoms with E-state index in [0.717, 1.165) is 16.2 Å². The van der Waals surface area contributed by atoms with Crippen molar-refractivity contribution in [1.29, 1.82) is 0 Å². The Balaban J connectivity index is 1.56. The lowest BCUT2D eigenvalue weighted by atomic mass is 9.88. The highest BCUT2D eigenvalue weighted by Gasteiger charge is 2.51. The first-order chi connectivity index (χ1) is 19.4. The molecule has 6 nitrogen and oxygen atoms in total. The number of rotatable bonds is 11. The van der Waals surface area contributed by atoms with Gasteiger partial charge < -0.3 is 10.3 Å². The summed E-state index contributed by atoms with van der Waals surface area (Å²) in [5.41, 5.74) is 2.50. The van der Waals surface area contributed by atoms with Crippen LogP contribution in [0.15, 0.2) is 115 Å². The Morgan fingerprint density at radius 3 is 1.95 bits per heavy atom. The molecule has 1 fully saturated rings. The molecule has 204 valence electrons. The van der Waals surface area contributed by atoms with Crippen LogP contribution >= 0.6 is 23.2 Å². The fourth-order valence-electron chi connectivity index (χ4n) is 4.71. The van der Waals surface area contributed by atoms with E-state index < -0.39 is 18.2 Å². The van der Waals surface area contributed by atoms with E-state index in [0.29, 0.717) is 27.7 Å². The fraction of sp³-hybridized carbons (Fsp3) is 0.156. The topological polar surface area (TPSA) is 76.3 Å². The number of halogens is 2. The minimum atomic E-state index is -1.01. The standard InChI is InChI=1S/C32H28Cl2N2O4/c33-26-17-9-7-15-24(26)29(37)19-28(35(39)20-22-11-3-1-4-12-22)30(31(38)25-16-8-10-18-27(25)34)32-36(40-32)21-23-13-5-2-6-14-23/h1-19,28,30,32,37,39H,20-21H2/b29-19+. The van der Waals surface area contributed by atoms with Crippen molar-refractivity contribution < 1.29 is 19.9 Å². The number of Topliss-reactive ketones (excluding diaryl/α,β-unsaturated/α-hetero) is 1. The fourth-order valence-corrected chi connectivity index (χ4v) is 5.17. The molecular formula is C32H28Cl2N2O4. The largest absolute Gasteiger partial charge is 0.508 e. The summed E-state index contributed by atoms with van der Waals surface area (Å²) in [6, 6.07) is 31.7. The van der Waals surface area contributed by atoms with Crippen LogP contribution in [0.4, 0.5) is 0 Å². The highest BCUT2D eigenvalue weighted by Crippen LogP contribution is 2.38. The van der Waals surface area contributed by atoms with Crippen LogP contribution in [0, 0.1) is 5.92 Å². The van der Waals surface area contributed by atoms with Crippen molar-refractivity contribution in [2.75, 3.05) is 0 Å². The van der Waals surface area contributed by atoms with E-state index in [1.165, 1.54) is 6.08 Å². The number of ketones is 1. The Kier molecular flexibility index (Phi) is 8.97. The van der Waals surface area contributed by atoms with Gasteiger partial charge in [0.05, 0.1) is 28.5 Å². The summed E-state index contributed by atoms with van der Waals surface area (Å²) in [6.07, 6.45) is 0.765. The van der Waals surface area contributed by atoms with Gasteiger partial charge in [0.25, 0.3) is 0 Å². The number of hydrogen-bond donors (Lipinski definition) is 2. The maximum absolute atomic E-state index is 14.2. The molecule has 1 saturated heterocycles. The van der Waals surface area contributed by atoms with Gasteiger partial charge in [-0.15, -0.1) is 0 Å². The molecule has 8 heteroatoms.